The molecule has 2 heterocycles. The Labute approximate surface area is 103 Å². The third kappa shape index (κ3) is 2.23. The molecule has 0 bridgehead atoms. The minimum absolute atomic E-state index is 0.00103. The van der Waals surface area contributed by atoms with Gasteiger partial charge in [-0.25, -0.2) is 4.98 Å². The molecule has 1 saturated heterocycles. The zero-order valence-electron chi connectivity index (χ0n) is 9.16. The van der Waals surface area contributed by atoms with Crippen LogP contribution in [0.5, 0.6) is 0 Å². The maximum Gasteiger partial charge on any atom is 0.287 e. The van der Waals surface area contributed by atoms with Crippen LogP contribution in [-0.2, 0) is 4.79 Å². The lowest BCUT2D eigenvalue weighted by Gasteiger charge is -2.16. The summed E-state index contributed by atoms with van der Waals surface area (Å²) in [5, 5.41) is 10.6. The number of nitrogens with zero attached hydrogens (tertiary/aromatic N) is 3. The Kier molecular flexibility index (Phi) is 3.01. The van der Waals surface area contributed by atoms with Gasteiger partial charge in [-0.1, -0.05) is 0 Å². The minimum Gasteiger partial charge on any atom is -0.295 e. The standard InChI is InChI=1S/C10H11N3O3S/c1-6-2-7(13(15)16)4-11-10(6)12-5-8(17)3-9(12)14/h2,4,8,17H,3,5H2,1H3. The summed E-state index contributed by atoms with van der Waals surface area (Å²) < 4.78 is 0. The summed E-state index contributed by atoms with van der Waals surface area (Å²) in [6, 6.07) is 1.42. The van der Waals surface area contributed by atoms with Gasteiger partial charge in [0.25, 0.3) is 5.69 Å². The van der Waals surface area contributed by atoms with Crippen molar-refractivity contribution in [2.24, 2.45) is 0 Å². The fraction of sp³-hybridized carbons (Fsp3) is 0.400. The quantitative estimate of drug-likeness (QED) is 0.490. The van der Waals surface area contributed by atoms with E-state index in [1.165, 1.54) is 17.2 Å². The molecule has 0 radical (unpaired) electrons. The normalized spacial score (nSPS) is 19.8. The van der Waals surface area contributed by atoms with Gasteiger partial charge in [-0.2, -0.15) is 12.6 Å². The van der Waals surface area contributed by atoms with E-state index in [-0.39, 0.29) is 16.8 Å². The first-order valence-electron chi connectivity index (χ1n) is 5.08. The van der Waals surface area contributed by atoms with E-state index in [4.69, 9.17) is 0 Å². The average molecular weight is 253 g/mol. The lowest BCUT2D eigenvalue weighted by Crippen LogP contribution is -2.26. The molecule has 7 heteroatoms. The summed E-state index contributed by atoms with van der Waals surface area (Å²) in [6.45, 7) is 2.20. The zero-order chi connectivity index (χ0) is 12.6. The van der Waals surface area contributed by atoms with Crippen molar-refractivity contribution < 1.29 is 9.72 Å². The van der Waals surface area contributed by atoms with Crippen LogP contribution < -0.4 is 4.90 Å². The number of aromatic nitrogens is 1. The van der Waals surface area contributed by atoms with Crippen LogP contribution in [0.25, 0.3) is 0 Å². The van der Waals surface area contributed by atoms with E-state index in [9.17, 15) is 14.9 Å². The third-order valence-electron chi connectivity index (χ3n) is 2.61. The molecule has 1 unspecified atom stereocenters. The predicted molar refractivity (Wildman–Crippen MR) is 65.4 cm³/mol. The maximum absolute atomic E-state index is 11.7. The smallest absolute Gasteiger partial charge is 0.287 e. The van der Waals surface area contributed by atoms with Crippen LogP contribution in [0.4, 0.5) is 11.5 Å². The first kappa shape index (κ1) is 11.8. The van der Waals surface area contributed by atoms with E-state index in [1.807, 2.05) is 0 Å². The number of amides is 1. The van der Waals surface area contributed by atoms with E-state index < -0.39 is 4.92 Å². The van der Waals surface area contributed by atoms with E-state index in [0.29, 0.717) is 24.3 Å². The number of rotatable bonds is 2. The third-order valence-corrected chi connectivity index (χ3v) is 2.95. The number of nitro groups is 1. The number of hydrogen-bond donors (Lipinski definition) is 1. The van der Waals surface area contributed by atoms with Crippen molar-refractivity contribution in [1.82, 2.24) is 4.98 Å². The van der Waals surface area contributed by atoms with E-state index in [0.717, 1.165) is 0 Å². The molecule has 0 spiro atoms. The molecule has 0 aromatic carbocycles. The van der Waals surface area contributed by atoms with Gasteiger partial charge in [-0.3, -0.25) is 19.8 Å². The molecular formula is C10H11N3O3S. The van der Waals surface area contributed by atoms with E-state index >= 15 is 0 Å². The number of carbonyl (C=O) groups excluding carboxylic acids is 1. The van der Waals surface area contributed by atoms with Gasteiger partial charge in [0.1, 0.15) is 12.0 Å². The SMILES string of the molecule is Cc1cc([N+](=O)[O-])cnc1N1CC(S)CC1=O. The van der Waals surface area contributed by atoms with Crippen LogP contribution in [-0.4, -0.2) is 27.6 Å². The van der Waals surface area contributed by atoms with Gasteiger partial charge < -0.3 is 0 Å². The second kappa shape index (κ2) is 4.33. The largest absolute Gasteiger partial charge is 0.295 e. The average Bonchev–Trinajstić information content (AvgIpc) is 2.57. The van der Waals surface area contributed by atoms with Crippen LogP contribution in [0.15, 0.2) is 12.3 Å². The topological polar surface area (TPSA) is 76.3 Å². The molecule has 90 valence electrons. The number of thiol groups is 1. The fourth-order valence-electron chi connectivity index (χ4n) is 1.83. The lowest BCUT2D eigenvalue weighted by atomic mass is 10.2. The summed E-state index contributed by atoms with van der Waals surface area (Å²) in [5.41, 5.74) is 0.551. The summed E-state index contributed by atoms with van der Waals surface area (Å²) >= 11 is 4.25. The molecule has 6 nitrogen and oxygen atoms in total. The molecule has 2 rings (SSSR count). The molecule has 1 aliphatic heterocycles. The highest BCUT2D eigenvalue weighted by Gasteiger charge is 2.30. The van der Waals surface area contributed by atoms with Crippen molar-refractivity contribution in [2.75, 3.05) is 11.4 Å². The number of carbonyl (C=O) groups is 1. The van der Waals surface area contributed by atoms with Gasteiger partial charge in [0.05, 0.1) is 4.92 Å². The summed E-state index contributed by atoms with van der Waals surface area (Å²) in [5.74, 6) is 0.437. The highest BCUT2D eigenvalue weighted by molar-refractivity contribution is 7.81. The number of anilines is 1. The van der Waals surface area contributed by atoms with Crippen LogP contribution in [0.1, 0.15) is 12.0 Å². The molecule has 1 aliphatic rings. The van der Waals surface area contributed by atoms with Gasteiger partial charge >= 0.3 is 0 Å². The molecule has 1 amide bonds. The Bertz CT molecular complexity index is 492. The first-order valence-corrected chi connectivity index (χ1v) is 5.60. The van der Waals surface area contributed by atoms with Gasteiger partial charge in [0, 0.05) is 24.3 Å². The highest BCUT2D eigenvalue weighted by atomic mass is 32.1. The van der Waals surface area contributed by atoms with Crippen molar-refractivity contribution in [3.05, 3.63) is 27.9 Å². The summed E-state index contributed by atoms with van der Waals surface area (Å²) in [4.78, 5) is 27.3. The van der Waals surface area contributed by atoms with Gasteiger partial charge in [0.15, 0.2) is 0 Å². The van der Waals surface area contributed by atoms with E-state index in [1.54, 1.807) is 6.92 Å². The second-order valence-corrected chi connectivity index (χ2v) is 4.68. The van der Waals surface area contributed by atoms with Gasteiger partial charge in [0.2, 0.25) is 5.91 Å². The van der Waals surface area contributed by atoms with Crippen molar-refractivity contribution in [2.45, 2.75) is 18.6 Å². The zero-order valence-corrected chi connectivity index (χ0v) is 10.1. The fourth-order valence-corrected chi connectivity index (χ4v) is 2.15. The minimum atomic E-state index is -0.503. The van der Waals surface area contributed by atoms with Crippen LogP contribution in [0.3, 0.4) is 0 Å². The summed E-state index contributed by atoms with van der Waals surface area (Å²) in [7, 11) is 0. The molecule has 0 saturated carbocycles. The first-order chi connectivity index (χ1) is 7.99. The number of aryl methyl sites for hydroxylation is 1. The molecule has 0 aliphatic carbocycles. The molecule has 1 fully saturated rings. The van der Waals surface area contributed by atoms with Crippen molar-refractivity contribution >= 4 is 30.0 Å². The predicted octanol–water partition coefficient (Wildman–Crippen LogP) is 1.33. The number of hydrogen-bond acceptors (Lipinski definition) is 5. The van der Waals surface area contributed by atoms with Crippen molar-refractivity contribution in [3.8, 4) is 0 Å². The Hall–Kier alpha value is -1.63. The van der Waals surface area contributed by atoms with Crippen LogP contribution >= 0.6 is 12.6 Å². The second-order valence-electron chi connectivity index (χ2n) is 3.95. The van der Waals surface area contributed by atoms with Gasteiger partial charge in [-0.05, 0) is 12.5 Å². The van der Waals surface area contributed by atoms with Crippen molar-refractivity contribution in [1.29, 1.82) is 0 Å². The number of pyridine rings is 1. The monoisotopic (exact) mass is 253 g/mol. The molecule has 1 atom stereocenters. The van der Waals surface area contributed by atoms with Crippen LogP contribution in [0.2, 0.25) is 0 Å². The summed E-state index contributed by atoms with van der Waals surface area (Å²) in [6.07, 6.45) is 1.54. The molecule has 1 aromatic rings. The molecular weight excluding hydrogens is 242 g/mol. The Morgan fingerprint density at radius 1 is 1.65 bits per heavy atom. The van der Waals surface area contributed by atoms with Crippen molar-refractivity contribution in [3.63, 3.8) is 0 Å². The van der Waals surface area contributed by atoms with Gasteiger partial charge in [-0.15, -0.1) is 0 Å². The molecule has 0 N–H and O–H groups in total. The Balaban J connectivity index is 2.34. The van der Waals surface area contributed by atoms with Crippen LogP contribution in [0, 0.1) is 17.0 Å². The van der Waals surface area contributed by atoms with E-state index in [2.05, 4.69) is 17.6 Å². The lowest BCUT2D eigenvalue weighted by molar-refractivity contribution is -0.385. The Morgan fingerprint density at radius 2 is 2.35 bits per heavy atom. The highest BCUT2D eigenvalue weighted by Crippen LogP contribution is 2.26. The molecule has 17 heavy (non-hydrogen) atoms. The molecule has 1 aromatic heterocycles. The Morgan fingerprint density at radius 3 is 2.82 bits per heavy atom. The maximum atomic E-state index is 11.7.